The minimum atomic E-state index is 1.04. The van der Waals surface area contributed by atoms with Crippen molar-refractivity contribution >= 4 is 15.9 Å². The Balaban J connectivity index is 2.80. The third kappa shape index (κ3) is 3.35. The second kappa shape index (κ2) is 4.61. The molecule has 0 N–H and O–H groups in total. The van der Waals surface area contributed by atoms with Crippen molar-refractivity contribution in [2.45, 2.75) is 27.2 Å². The molecule has 1 heteroatoms. The second-order valence-electron chi connectivity index (χ2n) is 3.57. The van der Waals surface area contributed by atoms with E-state index < -0.39 is 0 Å². The van der Waals surface area contributed by atoms with Crippen LogP contribution in [0.1, 0.15) is 25.0 Å². The van der Waals surface area contributed by atoms with E-state index in [9.17, 15) is 0 Å². The van der Waals surface area contributed by atoms with Crippen molar-refractivity contribution < 1.29 is 0 Å². The van der Waals surface area contributed by atoms with E-state index in [0.29, 0.717) is 0 Å². The zero-order valence-corrected chi connectivity index (χ0v) is 9.98. The molecule has 0 saturated carbocycles. The molecule has 1 rings (SSSR count). The molecule has 70 valence electrons. The topological polar surface area (TPSA) is 0 Å². The average Bonchev–Trinajstić information content (AvgIpc) is 2.07. The molecule has 0 aromatic heterocycles. The molecule has 0 atom stereocenters. The van der Waals surface area contributed by atoms with Crippen molar-refractivity contribution in [3.63, 3.8) is 0 Å². The Kier molecular flexibility index (Phi) is 3.73. The lowest BCUT2D eigenvalue weighted by molar-refractivity contribution is 1.20. The third-order valence-corrected chi connectivity index (χ3v) is 2.86. The van der Waals surface area contributed by atoms with Crippen LogP contribution in [0, 0.1) is 6.92 Å². The number of halogens is 1. The van der Waals surface area contributed by atoms with E-state index >= 15 is 0 Å². The van der Waals surface area contributed by atoms with Crippen LogP contribution >= 0.6 is 15.9 Å². The molecule has 0 spiro atoms. The largest absolute Gasteiger partial charge is 0.0815 e. The summed E-state index contributed by atoms with van der Waals surface area (Å²) in [5, 5.41) is 0. The number of benzene rings is 1. The van der Waals surface area contributed by atoms with Gasteiger partial charge in [0.15, 0.2) is 0 Å². The maximum atomic E-state index is 3.49. The van der Waals surface area contributed by atoms with Crippen LogP contribution in [0.15, 0.2) is 34.3 Å². The van der Waals surface area contributed by atoms with Crippen molar-refractivity contribution in [1.82, 2.24) is 0 Å². The summed E-state index contributed by atoms with van der Waals surface area (Å²) in [6, 6.07) is 6.50. The molecule has 1 aromatic carbocycles. The van der Waals surface area contributed by atoms with Crippen LogP contribution in [0.5, 0.6) is 0 Å². The Bertz CT molecular complexity index is 320. The van der Waals surface area contributed by atoms with Crippen molar-refractivity contribution in [3.05, 3.63) is 45.4 Å². The van der Waals surface area contributed by atoms with Crippen molar-refractivity contribution in [3.8, 4) is 0 Å². The maximum Gasteiger partial charge on any atom is 0.0204 e. The lowest BCUT2D eigenvalue weighted by Gasteiger charge is -2.01. The molecule has 0 aliphatic rings. The fraction of sp³-hybridized carbons (Fsp3) is 0.333. The zero-order valence-electron chi connectivity index (χ0n) is 8.39. The molecule has 1 aromatic rings. The van der Waals surface area contributed by atoms with E-state index in [1.54, 1.807) is 0 Å². The van der Waals surface area contributed by atoms with Crippen LogP contribution < -0.4 is 0 Å². The van der Waals surface area contributed by atoms with E-state index in [4.69, 9.17) is 0 Å². The quantitative estimate of drug-likeness (QED) is 0.676. The van der Waals surface area contributed by atoms with E-state index in [2.05, 4.69) is 61.0 Å². The Morgan fingerprint density at radius 2 is 2.08 bits per heavy atom. The van der Waals surface area contributed by atoms with Gasteiger partial charge in [0.2, 0.25) is 0 Å². The second-order valence-corrected chi connectivity index (χ2v) is 4.42. The Hall–Kier alpha value is -0.560. The first kappa shape index (κ1) is 10.5. The normalized spacial score (nSPS) is 9.85. The summed E-state index contributed by atoms with van der Waals surface area (Å²) in [6.45, 7) is 6.38. The minimum absolute atomic E-state index is 1.04. The van der Waals surface area contributed by atoms with Gasteiger partial charge in [0, 0.05) is 4.47 Å². The number of hydrogen-bond donors (Lipinski definition) is 0. The van der Waals surface area contributed by atoms with Gasteiger partial charge in [-0.05, 0) is 44.4 Å². The standard InChI is InChI=1S/C12H15Br/c1-9(2)4-5-11-6-7-12(13)10(3)8-11/h4,6-8H,5H2,1-3H3. The number of allylic oxidation sites excluding steroid dienone is 2. The average molecular weight is 239 g/mol. The van der Waals surface area contributed by atoms with Crippen molar-refractivity contribution in [2.24, 2.45) is 0 Å². The van der Waals surface area contributed by atoms with Gasteiger partial charge in [-0.25, -0.2) is 0 Å². The number of rotatable bonds is 2. The van der Waals surface area contributed by atoms with Gasteiger partial charge in [-0.3, -0.25) is 0 Å². The van der Waals surface area contributed by atoms with E-state index in [0.717, 1.165) is 6.42 Å². The van der Waals surface area contributed by atoms with Crippen LogP contribution in [0.2, 0.25) is 0 Å². The SMILES string of the molecule is CC(C)=CCc1ccc(Br)c(C)c1. The maximum absolute atomic E-state index is 3.49. The van der Waals surface area contributed by atoms with Crippen LogP contribution in [-0.4, -0.2) is 0 Å². The van der Waals surface area contributed by atoms with Gasteiger partial charge in [0.1, 0.15) is 0 Å². The zero-order chi connectivity index (χ0) is 9.84. The van der Waals surface area contributed by atoms with E-state index in [1.165, 1.54) is 21.2 Å². The summed E-state index contributed by atoms with van der Waals surface area (Å²) >= 11 is 3.49. The molecule has 0 nitrogen and oxygen atoms in total. The molecule has 0 fully saturated rings. The summed E-state index contributed by atoms with van der Waals surface area (Å²) in [4.78, 5) is 0. The van der Waals surface area contributed by atoms with Gasteiger partial charge >= 0.3 is 0 Å². The highest BCUT2D eigenvalue weighted by molar-refractivity contribution is 9.10. The predicted molar refractivity (Wildman–Crippen MR) is 62.0 cm³/mol. The Labute approximate surface area is 88.8 Å². The molecule has 0 heterocycles. The van der Waals surface area contributed by atoms with Gasteiger partial charge in [-0.2, -0.15) is 0 Å². The molecule has 0 aliphatic carbocycles. The van der Waals surface area contributed by atoms with Crippen molar-refractivity contribution in [1.29, 1.82) is 0 Å². The lowest BCUT2D eigenvalue weighted by atomic mass is 10.1. The Morgan fingerprint density at radius 3 is 2.62 bits per heavy atom. The molecule has 13 heavy (non-hydrogen) atoms. The summed E-state index contributed by atoms with van der Waals surface area (Å²) in [5.74, 6) is 0. The molecular weight excluding hydrogens is 224 g/mol. The molecule has 0 aliphatic heterocycles. The molecule has 0 saturated heterocycles. The smallest absolute Gasteiger partial charge is 0.0204 e. The third-order valence-electron chi connectivity index (χ3n) is 1.97. The fourth-order valence-electron chi connectivity index (χ4n) is 1.16. The highest BCUT2D eigenvalue weighted by Crippen LogP contribution is 2.17. The first-order chi connectivity index (χ1) is 6.09. The highest BCUT2D eigenvalue weighted by atomic mass is 79.9. The van der Waals surface area contributed by atoms with Crippen LogP contribution in [-0.2, 0) is 6.42 Å². The molecule has 0 unspecified atom stereocenters. The van der Waals surface area contributed by atoms with Gasteiger partial charge < -0.3 is 0 Å². The minimum Gasteiger partial charge on any atom is -0.0815 e. The van der Waals surface area contributed by atoms with Crippen LogP contribution in [0.3, 0.4) is 0 Å². The van der Waals surface area contributed by atoms with Gasteiger partial charge in [-0.1, -0.05) is 39.7 Å². The summed E-state index contributed by atoms with van der Waals surface area (Å²) in [6.07, 6.45) is 3.29. The molecular formula is C12H15Br. The van der Waals surface area contributed by atoms with Gasteiger partial charge in [0.25, 0.3) is 0 Å². The monoisotopic (exact) mass is 238 g/mol. The van der Waals surface area contributed by atoms with Crippen LogP contribution in [0.25, 0.3) is 0 Å². The summed E-state index contributed by atoms with van der Waals surface area (Å²) in [7, 11) is 0. The van der Waals surface area contributed by atoms with Crippen molar-refractivity contribution in [2.75, 3.05) is 0 Å². The van der Waals surface area contributed by atoms with E-state index in [1.807, 2.05) is 0 Å². The predicted octanol–water partition coefficient (Wildman–Crippen LogP) is 4.27. The van der Waals surface area contributed by atoms with Gasteiger partial charge in [0.05, 0.1) is 0 Å². The fourth-order valence-corrected chi connectivity index (χ4v) is 1.40. The first-order valence-corrected chi connectivity index (χ1v) is 5.27. The summed E-state index contributed by atoms with van der Waals surface area (Å²) < 4.78 is 1.19. The molecule has 0 bridgehead atoms. The van der Waals surface area contributed by atoms with E-state index in [-0.39, 0.29) is 0 Å². The highest BCUT2D eigenvalue weighted by Gasteiger charge is 1.95. The summed E-state index contributed by atoms with van der Waals surface area (Å²) in [5.41, 5.74) is 4.06. The van der Waals surface area contributed by atoms with Gasteiger partial charge in [-0.15, -0.1) is 0 Å². The first-order valence-electron chi connectivity index (χ1n) is 4.48. The molecule has 0 radical (unpaired) electrons. The lowest BCUT2D eigenvalue weighted by Crippen LogP contribution is -1.84. The number of aryl methyl sites for hydroxylation is 1. The number of hydrogen-bond acceptors (Lipinski definition) is 0. The Morgan fingerprint density at radius 1 is 1.38 bits per heavy atom. The van der Waals surface area contributed by atoms with Crippen LogP contribution in [0.4, 0.5) is 0 Å². The molecule has 0 amide bonds.